The van der Waals surface area contributed by atoms with Crippen molar-refractivity contribution in [1.82, 2.24) is 29.9 Å². The minimum Gasteiger partial charge on any atom is -0.382 e. The molecule has 0 aliphatic carbocycles. The minimum atomic E-state index is 0.0144. The van der Waals surface area contributed by atoms with Gasteiger partial charge in [-0.25, -0.2) is 19.9 Å². The van der Waals surface area contributed by atoms with E-state index in [0.717, 1.165) is 17.5 Å². The molecule has 4 aromatic rings. The summed E-state index contributed by atoms with van der Waals surface area (Å²) < 4.78 is 1.82. The Labute approximate surface area is 187 Å². The first kappa shape index (κ1) is 20.9. The lowest BCUT2D eigenvalue weighted by atomic mass is 10.2. The summed E-state index contributed by atoms with van der Waals surface area (Å²) >= 11 is 5.94. The third-order valence-corrected chi connectivity index (χ3v) is 4.86. The first-order chi connectivity index (χ1) is 15.7. The predicted octanol–water partition coefficient (Wildman–Crippen LogP) is 2.67. The maximum absolute atomic E-state index is 8.70. The van der Waals surface area contributed by atoms with E-state index in [2.05, 4.69) is 20.5 Å². The van der Waals surface area contributed by atoms with Crippen molar-refractivity contribution in [3.05, 3.63) is 60.0 Å². The molecule has 0 atom stereocenters. The van der Waals surface area contributed by atoms with E-state index in [0.29, 0.717) is 34.3 Å². The highest BCUT2D eigenvalue weighted by atomic mass is 35.5. The molecule has 0 amide bonds. The van der Waals surface area contributed by atoms with Gasteiger partial charge in [-0.2, -0.15) is 10.4 Å². The number of halogens is 1. The lowest BCUT2D eigenvalue weighted by molar-refractivity contribution is 0.834. The van der Waals surface area contributed by atoms with Crippen molar-refractivity contribution >= 4 is 40.5 Å². The van der Waals surface area contributed by atoms with Crippen molar-refractivity contribution in [2.45, 2.75) is 5.88 Å². The highest BCUT2D eigenvalue weighted by Gasteiger charge is 2.20. The molecule has 32 heavy (non-hydrogen) atoms. The molecule has 0 bridgehead atoms. The Morgan fingerprint density at radius 1 is 1.19 bits per heavy atom. The maximum atomic E-state index is 8.70. The number of nitrogen functional groups attached to an aromatic ring is 1. The normalized spacial score (nSPS) is 11.3. The van der Waals surface area contributed by atoms with Crippen LogP contribution in [0.25, 0.3) is 28.4 Å². The number of nitrogens with one attached hydrogen (secondary N) is 2. The molecule has 0 saturated heterocycles. The smallest absolute Gasteiger partial charge is 0.169 e. The lowest BCUT2D eigenvalue weighted by Gasteiger charge is -2.10. The quantitative estimate of drug-likeness (QED) is 0.130. The number of alkyl halides is 1. The fourth-order valence-corrected chi connectivity index (χ4v) is 3.26. The standard InChI is InChI=1S/C21H17ClN10/c22-11-13-1-3-14(4-2-13)32-20-16(30-21(32)18-19(25)27-10-9-26-18)6-5-15(29-20)17(12-24)31-28-8-7-23/h1-6,9-10,12,24,28H,8,11H2,(H2,25,27)/b24-12?,31-17+. The third kappa shape index (κ3) is 3.97. The van der Waals surface area contributed by atoms with Crippen LogP contribution in [0.2, 0.25) is 0 Å². The number of imidazole rings is 1. The van der Waals surface area contributed by atoms with E-state index >= 15 is 0 Å². The van der Waals surface area contributed by atoms with Gasteiger partial charge in [-0.1, -0.05) is 12.1 Å². The van der Waals surface area contributed by atoms with Crippen molar-refractivity contribution < 1.29 is 0 Å². The summed E-state index contributed by atoms with van der Waals surface area (Å²) in [6, 6.07) is 13.1. The molecular formula is C21H17ClN10. The van der Waals surface area contributed by atoms with Crippen LogP contribution in [0.5, 0.6) is 0 Å². The van der Waals surface area contributed by atoms with Crippen LogP contribution < -0.4 is 11.2 Å². The van der Waals surface area contributed by atoms with Crippen LogP contribution in [0.3, 0.4) is 0 Å². The van der Waals surface area contributed by atoms with E-state index in [4.69, 9.17) is 38.0 Å². The zero-order valence-electron chi connectivity index (χ0n) is 16.7. The van der Waals surface area contributed by atoms with Crippen LogP contribution in [-0.4, -0.2) is 43.0 Å². The predicted molar refractivity (Wildman–Crippen MR) is 123 cm³/mol. The zero-order chi connectivity index (χ0) is 22.5. The van der Waals surface area contributed by atoms with Crippen molar-refractivity contribution in [3.8, 4) is 23.3 Å². The molecular weight excluding hydrogens is 428 g/mol. The van der Waals surface area contributed by atoms with Gasteiger partial charge >= 0.3 is 0 Å². The monoisotopic (exact) mass is 444 g/mol. The van der Waals surface area contributed by atoms with Gasteiger partial charge in [0.2, 0.25) is 0 Å². The first-order valence-electron chi connectivity index (χ1n) is 9.46. The molecule has 3 heterocycles. The minimum absolute atomic E-state index is 0.0144. The number of rotatable bonds is 7. The summed E-state index contributed by atoms with van der Waals surface area (Å²) in [6.07, 6.45) is 4.13. The number of pyridine rings is 1. The Bertz CT molecular complexity index is 1350. The van der Waals surface area contributed by atoms with Crippen molar-refractivity contribution in [2.24, 2.45) is 5.10 Å². The molecule has 0 saturated carbocycles. The van der Waals surface area contributed by atoms with Gasteiger partial charge in [0.05, 0.1) is 11.8 Å². The van der Waals surface area contributed by atoms with E-state index in [-0.39, 0.29) is 18.1 Å². The fourth-order valence-electron chi connectivity index (χ4n) is 3.08. The molecule has 0 radical (unpaired) electrons. The molecule has 4 rings (SSSR count). The Morgan fingerprint density at radius 2 is 1.97 bits per heavy atom. The van der Waals surface area contributed by atoms with E-state index in [1.165, 1.54) is 6.20 Å². The second kappa shape index (κ2) is 9.20. The fraction of sp³-hybridized carbons (Fsp3) is 0.0952. The molecule has 1 aromatic carbocycles. The molecule has 3 aromatic heterocycles. The average Bonchev–Trinajstić information content (AvgIpc) is 3.20. The Morgan fingerprint density at radius 3 is 2.66 bits per heavy atom. The second-order valence-electron chi connectivity index (χ2n) is 6.53. The molecule has 10 nitrogen and oxygen atoms in total. The van der Waals surface area contributed by atoms with Gasteiger partial charge in [0.1, 0.15) is 23.5 Å². The van der Waals surface area contributed by atoms with Crippen molar-refractivity contribution in [3.63, 3.8) is 0 Å². The van der Waals surface area contributed by atoms with Crippen LogP contribution >= 0.6 is 11.6 Å². The molecule has 11 heteroatoms. The first-order valence-corrected chi connectivity index (χ1v) is 9.99. The average molecular weight is 445 g/mol. The van der Waals surface area contributed by atoms with Crippen molar-refractivity contribution in [2.75, 3.05) is 12.3 Å². The van der Waals surface area contributed by atoms with Gasteiger partial charge in [-0.15, -0.1) is 11.6 Å². The molecule has 0 unspecified atom stereocenters. The SMILES string of the molecule is N#CCN/N=C(\C=N)c1ccc2nc(-c3nccnc3N)n(-c3ccc(CCl)cc3)c2n1. The number of hydrogen-bond donors (Lipinski definition) is 3. The van der Waals surface area contributed by atoms with Gasteiger partial charge in [0.25, 0.3) is 0 Å². The van der Waals surface area contributed by atoms with Crippen LogP contribution in [0, 0.1) is 16.7 Å². The number of hydrazone groups is 1. The van der Waals surface area contributed by atoms with Gasteiger partial charge < -0.3 is 11.1 Å². The summed E-state index contributed by atoms with van der Waals surface area (Å²) in [4.78, 5) is 17.9. The van der Waals surface area contributed by atoms with Crippen LogP contribution in [-0.2, 0) is 5.88 Å². The van der Waals surface area contributed by atoms with Gasteiger partial charge in [0.15, 0.2) is 17.3 Å². The Kier molecular flexibility index (Phi) is 6.00. The number of aromatic nitrogens is 5. The molecule has 0 spiro atoms. The summed E-state index contributed by atoms with van der Waals surface area (Å²) in [5.74, 6) is 1.11. The van der Waals surface area contributed by atoms with Gasteiger partial charge in [-0.05, 0) is 29.8 Å². The number of nitrogens with zero attached hydrogens (tertiary/aromatic N) is 7. The van der Waals surface area contributed by atoms with Gasteiger partial charge in [0, 0.05) is 30.2 Å². The molecule has 158 valence electrons. The molecule has 4 N–H and O–H groups in total. The number of nitriles is 1. The topological polar surface area (TPSA) is 155 Å². The second-order valence-corrected chi connectivity index (χ2v) is 6.80. The van der Waals surface area contributed by atoms with E-state index in [1.807, 2.05) is 34.9 Å². The summed E-state index contributed by atoms with van der Waals surface area (Å²) in [5.41, 5.74) is 12.7. The van der Waals surface area contributed by atoms with E-state index in [1.54, 1.807) is 18.3 Å². The van der Waals surface area contributed by atoms with Crippen LogP contribution in [0.4, 0.5) is 5.82 Å². The molecule has 0 aliphatic rings. The van der Waals surface area contributed by atoms with Gasteiger partial charge in [-0.3, -0.25) is 9.99 Å². The lowest BCUT2D eigenvalue weighted by Crippen LogP contribution is -2.14. The van der Waals surface area contributed by atoms with Crippen LogP contribution in [0.15, 0.2) is 53.9 Å². The maximum Gasteiger partial charge on any atom is 0.169 e. The summed E-state index contributed by atoms with van der Waals surface area (Å²) in [7, 11) is 0. The summed E-state index contributed by atoms with van der Waals surface area (Å²) in [6.45, 7) is 0.0144. The third-order valence-electron chi connectivity index (χ3n) is 4.55. The number of benzene rings is 1. The molecule has 0 fully saturated rings. The zero-order valence-corrected chi connectivity index (χ0v) is 17.5. The number of hydrogen-bond acceptors (Lipinski definition) is 9. The van der Waals surface area contributed by atoms with Crippen molar-refractivity contribution in [1.29, 1.82) is 10.7 Å². The number of nitrogens with two attached hydrogens (primary N) is 1. The number of anilines is 1. The Balaban J connectivity index is 1.95. The highest BCUT2D eigenvalue weighted by molar-refractivity contribution is 6.36. The van der Waals surface area contributed by atoms with E-state index < -0.39 is 0 Å². The van der Waals surface area contributed by atoms with E-state index in [9.17, 15) is 0 Å². The highest BCUT2D eigenvalue weighted by Crippen LogP contribution is 2.29. The number of fused-ring (bicyclic) bond motifs is 1. The largest absolute Gasteiger partial charge is 0.382 e. The Hall–Kier alpha value is -4.36. The summed E-state index contributed by atoms with van der Waals surface area (Å²) in [5, 5.41) is 20.4. The molecule has 0 aliphatic heterocycles. The van der Waals surface area contributed by atoms with Crippen LogP contribution in [0.1, 0.15) is 11.3 Å².